The van der Waals surface area contributed by atoms with Crippen LogP contribution >= 0.6 is 0 Å². The third-order valence-electron chi connectivity index (χ3n) is 2.10. The minimum Gasteiger partial charge on any atom is -0.296 e. The van der Waals surface area contributed by atoms with Gasteiger partial charge in [0.25, 0.3) is 0 Å². The number of allylic oxidation sites excluding steroid dienone is 4. The highest BCUT2D eigenvalue weighted by atomic mass is 19.1. The molecule has 0 bridgehead atoms. The molecular weight excluding hydrogens is 210 g/mol. The molecule has 0 spiro atoms. The summed E-state index contributed by atoms with van der Waals surface area (Å²) in [5.41, 5.74) is 10.1. The van der Waals surface area contributed by atoms with E-state index < -0.39 is 11.6 Å². The first-order valence-corrected chi connectivity index (χ1v) is 5.06. The number of hydrogen-bond donors (Lipinski definition) is 2. The van der Waals surface area contributed by atoms with Gasteiger partial charge in [-0.2, -0.15) is 0 Å². The Balaban J connectivity index is 0.000000160. The van der Waals surface area contributed by atoms with Crippen LogP contribution in [-0.2, 0) is 0 Å². The van der Waals surface area contributed by atoms with Gasteiger partial charge in [-0.3, -0.25) is 11.5 Å². The minimum absolute atomic E-state index is 0.295. The summed E-state index contributed by atoms with van der Waals surface area (Å²) < 4.78 is 25.0. The first-order chi connectivity index (χ1) is 7.41. The molecule has 0 saturated heterocycles. The highest BCUT2D eigenvalue weighted by Gasteiger charge is 2.18. The van der Waals surface area contributed by atoms with Gasteiger partial charge in [0.1, 0.15) is 0 Å². The van der Waals surface area contributed by atoms with Gasteiger partial charge in [0.05, 0.1) is 0 Å². The van der Waals surface area contributed by atoms with Gasteiger partial charge in [-0.15, -0.1) is 0 Å². The zero-order valence-electron chi connectivity index (χ0n) is 8.94. The lowest BCUT2D eigenvalue weighted by atomic mass is 10.1. The Kier molecular flexibility index (Phi) is 4.15. The lowest BCUT2D eigenvalue weighted by Gasteiger charge is -2.14. The standard InChI is InChI=1S/2C6H8FN/c2*7-6(8)4-2-1-3-5-6/h2*1-4H,5,8H2. The van der Waals surface area contributed by atoms with Crippen molar-refractivity contribution in [3.63, 3.8) is 0 Å². The smallest absolute Gasteiger partial charge is 0.181 e. The van der Waals surface area contributed by atoms with E-state index in [1.54, 1.807) is 36.5 Å². The predicted molar refractivity (Wildman–Crippen MR) is 61.8 cm³/mol. The van der Waals surface area contributed by atoms with E-state index in [9.17, 15) is 8.78 Å². The highest BCUT2D eigenvalue weighted by Crippen LogP contribution is 2.15. The van der Waals surface area contributed by atoms with Gasteiger partial charge in [0, 0.05) is 12.8 Å². The van der Waals surface area contributed by atoms with Gasteiger partial charge >= 0.3 is 0 Å². The van der Waals surface area contributed by atoms with Crippen LogP contribution in [0.1, 0.15) is 12.8 Å². The molecule has 2 rings (SSSR count). The zero-order valence-corrected chi connectivity index (χ0v) is 8.94. The van der Waals surface area contributed by atoms with E-state index in [0.717, 1.165) is 0 Å². The van der Waals surface area contributed by atoms with Crippen molar-refractivity contribution in [2.75, 3.05) is 0 Å². The second kappa shape index (κ2) is 5.18. The highest BCUT2D eigenvalue weighted by molar-refractivity contribution is 5.16. The van der Waals surface area contributed by atoms with Gasteiger partial charge in [-0.25, -0.2) is 8.78 Å². The number of hydrogen-bond acceptors (Lipinski definition) is 2. The number of alkyl halides is 2. The third-order valence-corrected chi connectivity index (χ3v) is 2.10. The van der Waals surface area contributed by atoms with E-state index in [0.29, 0.717) is 12.8 Å². The second-order valence-electron chi connectivity index (χ2n) is 3.84. The molecule has 4 heteroatoms. The fourth-order valence-corrected chi connectivity index (χ4v) is 1.22. The molecule has 0 fully saturated rings. The molecule has 88 valence electrons. The molecule has 0 amide bonds. The summed E-state index contributed by atoms with van der Waals surface area (Å²) in [5.74, 6) is -3.18. The summed E-state index contributed by atoms with van der Waals surface area (Å²) in [6.07, 6.45) is 13.5. The summed E-state index contributed by atoms with van der Waals surface area (Å²) in [4.78, 5) is 0. The summed E-state index contributed by atoms with van der Waals surface area (Å²) in [6, 6.07) is 0. The molecule has 2 aliphatic rings. The first-order valence-electron chi connectivity index (χ1n) is 5.06. The fraction of sp³-hybridized carbons (Fsp3) is 0.333. The van der Waals surface area contributed by atoms with Crippen molar-refractivity contribution >= 4 is 0 Å². The van der Waals surface area contributed by atoms with E-state index in [4.69, 9.17) is 11.5 Å². The molecular formula is C12H16F2N2. The van der Waals surface area contributed by atoms with Gasteiger partial charge < -0.3 is 0 Å². The lowest BCUT2D eigenvalue weighted by Crippen LogP contribution is -2.31. The Morgan fingerprint density at radius 1 is 0.750 bits per heavy atom. The van der Waals surface area contributed by atoms with Crippen LogP contribution in [0.5, 0.6) is 0 Å². The Morgan fingerprint density at radius 3 is 1.25 bits per heavy atom. The molecule has 2 nitrogen and oxygen atoms in total. The van der Waals surface area contributed by atoms with Crippen molar-refractivity contribution < 1.29 is 8.78 Å². The molecule has 0 heterocycles. The van der Waals surface area contributed by atoms with E-state index in [1.165, 1.54) is 12.2 Å². The molecule has 16 heavy (non-hydrogen) atoms. The fourth-order valence-electron chi connectivity index (χ4n) is 1.22. The first kappa shape index (κ1) is 12.8. The second-order valence-corrected chi connectivity index (χ2v) is 3.84. The summed E-state index contributed by atoms with van der Waals surface area (Å²) in [5, 5.41) is 0. The van der Waals surface area contributed by atoms with Crippen LogP contribution in [0, 0.1) is 0 Å². The van der Waals surface area contributed by atoms with Crippen molar-refractivity contribution in [1.29, 1.82) is 0 Å². The molecule has 0 aromatic rings. The lowest BCUT2D eigenvalue weighted by molar-refractivity contribution is 0.241. The van der Waals surface area contributed by atoms with Crippen molar-refractivity contribution in [3.8, 4) is 0 Å². The molecule has 0 aromatic carbocycles. The van der Waals surface area contributed by atoms with Gasteiger partial charge in [-0.05, 0) is 12.2 Å². The molecule has 0 aliphatic heterocycles. The molecule has 0 saturated carbocycles. The molecule has 2 aliphatic carbocycles. The van der Waals surface area contributed by atoms with Crippen molar-refractivity contribution in [1.82, 2.24) is 0 Å². The monoisotopic (exact) mass is 226 g/mol. The Hall–Kier alpha value is -1.26. The van der Waals surface area contributed by atoms with Crippen LogP contribution in [0.4, 0.5) is 8.78 Å². The molecule has 0 aromatic heterocycles. The van der Waals surface area contributed by atoms with E-state index in [1.807, 2.05) is 0 Å². The number of halogens is 2. The van der Waals surface area contributed by atoms with Crippen LogP contribution in [0.15, 0.2) is 48.6 Å². The predicted octanol–water partition coefficient (Wildman–Crippen LogP) is 2.25. The summed E-state index contributed by atoms with van der Waals surface area (Å²) in [7, 11) is 0. The quantitative estimate of drug-likeness (QED) is 0.622. The largest absolute Gasteiger partial charge is 0.296 e. The Bertz CT molecular complexity index is 305. The number of nitrogens with two attached hydrogens (primary N) is 2. The van der Waals surface area contributed by atoms with Crippen LogP contribution in [0.2, 0.25) is 0 Å². The normalized spacial score (nSPS) is 35.8. The van der Waals surface area contributed by atoms with Crippen LogP contribution in [-0.4, -0.2) is 11.6 Å². The molecule has 4 N–H and O–H groups in total. The maximum Gasteiger partial charge on any atom is 0.181 e. The van der Waals surface area contributed by atoms with Crippen molar-refractivity contribution in [2.45, 2.75) is 24.4 Å². The minimum atomic E-state index is -1.59. The average molecular weight is 226 g/mol. The third kappa shape index (κ3) is 5.00. The van der Waals surface area contributed by atoms with E-state index in [2.05, 4.69) is 0 Å². The summed E-state index contributed by atoms with van der Waals surface area (Å²) >= 11 is 0. The topological polar surface area (TPSA) is 52.0 Å². The molecule has 0 radical (unpaired) electrons. The Labute approximate surface area is 94.0 Å². The average Bonchev–Trinajstić information content (AvgIpc) is 2.17. The maximum atomic E-state index is 12.5. The van der Waals surface area contributed by atoms with Crippen LogP contribution in [0.3, 0.4) is 0 Å². The number of rotatable bonds is 0. The zero-order chi connectivity index (χ0) is 12.1. The molecule has 2 atom stereocenters. The van der Waals surface area contributed by atoms with E-state index >= 15 is 0 Å². The maximum absolute atomic E-state index is 12.5. The van der Waals surface area contributed by atoms with Crippen molar-refractivity contribution in [3.05, 3.63) is 48.6 Å². The van der Waals surface area contributed by atoms with Gasteiger partial charge in [0.2, 0.25) is 0 Å². The van der Waals surface area contributed by atoms with Crippen molar-refractivity contribution in [2.24, 2.45) is 11.5 Å². The van der Waals surface area contributed by atoms with E-state index in [-0.39, 0.29) is 0 Å². The van der Waals surface area contributed by atoms with Crippen LogP contribution < -0.4 is 11.5 Å². The van der Waals surface area contributed by atoms with Crippen LogP contribution in [0.25, 0.3) is 0 Å². The Morgan fingerprint density at radius 2 is 1.12 bits per heavy atom. The molecule has 2 unspecified atom stereocenters. The van der Waals surface area contributed by atoms with Gasteiger partial charge in [-0.1, -0.05) is 36.5 Å². The summed E-state index contributed by atoms with van der Waals surface area (Å²) in [6.45, 7) is 0. The SMILES string of the molecule is NC1(F)C=CC=CC1.NC1(F)C=CC=CC1. The van der Waals surface area contributed by atoms with Gasteiger partial charge in [0.15, 0.2) is 11.6 Å².